The van der Waals surface area contributed by atoms with Gasteiger partial charge >= 0.3 is 0 Å². The lowest BCUT2D eigenvalue weighted by Crippen LogP contribution is -2.25. The van der Waals surface area contributed by atoms with E-state index in [9.17, 15) is 0 Å². The molecule has 0 saturated heterocycles. The van der Waals surface area contributed by atoms with Gasteiger partial charge in [-0.1, -0.05) is 57.8 Å². The molecule has 0 N–H and O–H groups in total. The third-order valence-electron chi connectivity index (χ3n) is 6.13. The first kappa shape index (κ1) is 17.4. The van der Waals surface area contributed by atoms with E-state index >= 15 is 0 Å². The van der Waals surface area contributed by atoms with Crippen molar-refractivity contribution in [3.63, 3.8) is 0 Å². The SMILES string of the molecule is CCCCCC[C@H]1CC[C@H]([C@H]2CC[C@H](C#CC#N)CC2)CC1. The van der Waals surface area contributed by atoms with Gasteiger partial charge in [0.05, 0.1) is 0 Å². The molecule has 2 aliphatic carbocycles. The summed E-state index contributed by atoms with van der Waals surface area (Å²) in [6.07, 6.45) is 18.3. The topological polar surface area (TPSA) is 23.8 Å². The minimum atomic E-state index is 0.505. The lowest BCUT2D eigenvalue weighted by molar-refractivity contribution is 0.153. The van der Waals surface area contributed by atoms with Crippen LogP contribution in [0.2, 0.25) is 0 Å². The molecule has 1 heteroatoms. The van der Waals surface area contributed by atoms with Crippen molar-refractivity contribution in [3.05, 3.63) is 0 Å². The highest BCUT2D eigenvalue weighted by Crippen LogP contribution is 2.42. The third kappa shape index (κ3) is 5.68. The van der Waals surface area contributed by atoms with Crippen molar-refractivity contribution in [2.45, 2.75) is 90.4 Å². The standard InChI is InChI=1S/C21H33N/c1-2-3-4-5-7-18-9-13-20(14-10-18)21-15-11-19(12-16-21)8-6-17-22/h18-21H,2-5,7,9-16H2,1H3/t18-,19-,20-,21-. The number of rotatable bonds is 6. The molecule has 0 aromatic heterocycles. The Kier molecular flexibility index (Phi) is 7.87. The average molecular weight is 300 g/mol. The Morgan fingerprint density at radius 2 is 1.45 bits per heavy atom. The Morgan fingerprint density at radius 3 is 2.05 bits per heavy atom. The summed E-state index contributed by atoms with van der Waals surface area (Å²) in [4.78, 5) is 0. The van der Waals surface area contributed by atoms with E-state index in [-0.39, 0.29) is 0 Å². The molecular formula is C21H33N. The summed E-state index contributed by atoms with van der Waals surface area (Å²) in [7, 11) is 0. The van der Waals surface area contributed by atoms with Crippen LogP contribution in [0.5, 0.6) is 0 Å². The average Bonchev–Trinajstić information content (AvgIpc) is 2.58. The van der Waals surface area contributed by atoms with E-state index in [4.69, 9.17) is 5.26 Å². The molecule has 2 fully saturated rings. The van der Waals surface area contributed by atoms with Crippen molar-refractivity contribution >= 4 is 0 Å². The van der Waals surface area contributed by atoms with E-state index in [1.54, 1.807) is 0 Å². The fraction of sp³-hybridized carbons (Fsp3) is 0.857. The van der Waals surface area contributed by atoms with Crippen LogP contribution in [0, 0.1) is 46.8 Å². The summed E-state index contributed by atoms with van der Waals surface area (Å²) in [5.41, 5.74) is 0. The lowest BCUT2D eigenvalue weighted by atomic mass is 9.69. The van der Waals surface area contributed by atoms with E-state index in [1.165, 1.54) is 83.5 Å². The monoisotopic (exact) mass is 299 g/mol. The maximum absolute atomic E-state index is 8.55. The van der Waals surface area contributed by atoms with Gasteiger partial charge in [0.2, 0.25) is 0 Å². The maximum atomic E-state index is 8.55. The van der Waals surface area contributed by atoms with Gasteiger partial charge in [-0.05, 0) is 56.3 Å². The summed E-state index contributed by atoms with van der Waals surface area (Å²) in [6.45, 7) is 2.30. The minimum absolute atomic E-state index is 0.505. The van der Waals surface area contributed by atoms with Gasteiger partial charge in [-0.2, -0.15) is 5.26 Å². The summed E-state index contributed by atoms with van der Waals surface area (Å²) in [6, 6.07) is 1.96. The molecule has 2 saturated carbocycles. The predicted octanol–water partition coefficient (Wildman–Crippen LogP) is 6.10. The van der Waals surface area contributed by atoms with E-state index in [0.29, 0.717) is 5.92 Å². The highest BCUT2D eigenvalue weighted by molar-refractivity contribution is 5.18. The molecule has 0 heterocycles. The first-order valence-corrected chi connectivity index (χ1v) is 9.73. The molecular weight excluding hydrogens is 266 g/mol. The van der Waals surface area contributed by atoms with Crippen LogP contribution in [0.4, 0.5) is 0 Å². The first-order valence-electron chi connectivity index (χ1n) is 9.73. The van der Waals surface area contributed by atoms with E-state index in [2.05, 4.69) is 18.8 Å². The fourth-order valence-electron chi connectivity index (χ4n) is 4.68. The van der Waals surface area contributed by atoms with Gasteiger partial charge in [0.25, 0.3) is 0 Å². The molecule has 0 atom stereocenters. The second-order valence-electron chi connectivity index (χ2n) is 7.62. The number of unbranched alkanes of at least 4 members (excludes halogenated alkanes) is 3. The Bertz CT molecular complexity index is 392. The van der Waals surface area contributed by atoms with Crippen LogP contribution < -0.4 is 0 Å². The lowest BCUT2D eigenvalue weighted by Gasteiger charge is -2.37. The van der Waals surface area contributed by atoms with Crippen LogP contribution in [0.3, 0.4) is 0 Å². The number of nitriles is 1. The largest absolute Gasteiger partial charge is 0.183 e. The van der Waals surface area contributed by atoms with Gasteiger partial charge in [0, 0.05) is 11.8 Å². The van der Waals surface area contributed by atoms with Crippen molar-refractivity contribution in [3.8, 4) is 17.9 Å². The number of nitrogens with zero attached hydrogens (tertiary/aromatic N) is 1. The van der Waals surface area contributed by atoms with Crippen LogP contribution in [0.25, 0.3) is 0 Å². The molecule has 22 heavy (non-hydrogen) atoms. The van der Waals surface area contributed by atoms with E-state index in [0.717, 1.165) is 17.8 Å². The van der Waals surface area contributed by atoms with E-state index < -0.39 is 0 Å². The molecule has 0 spiro atoms. The van der Waals surface area contributed by atoms with Gasteiger partial charge < -0.3 is 0 Å². The summed E-state index contributed by atoms with van der Waals surface area (Å²) in [5.74, 6) is 9.22. The molecule has 0 aromatic rings. The second kappa shape index (κ2) is 9.94. The van der Waals surface area contributed by atoms with Crippen molar-refractivity contribution in [1.29, 1.82) is 5.26 Å². The van der Waals surface area contributed by atoms with Crippen LogP contribution in [-0.4, -0.2) is 0 Å². The van der Waals surface area contributed by atoms with Crippen LogP contribution in [0.15, 0.2) is 0 Å². The molecule has 1 nitrogen and oxygen atoms in total. The Hall–Kier alpha value is -0.950. The molecule has 2 rings (SSSR count). The normalized spacial score (nSPS) is 31.8. The van der Waals surface area contributed by atoms with Gasteiger partial charge in [-0.25, -0.2) is 0 Å². The van der Waals surface area contributed by atoms with Crippen molar-refractivity contribution in [1.82, 2.24) is 0 Å². The van der Waals surface area contributed by atoms with Crippen molar-refractivity contribution < 1.29 is 0 Å². The molecule has 0 radical (unpaired) electrons. The van der Waals surface area contributed by atoms with Crippen molar-refractivity contribution in [2.75, 3.05) is 0 Å². The highest BCUT2D eigenvalue weighted by atomic mass is 14.4. The number of hydrogen-bond acceptors (Lipinski definition) is 1. The van der Waals surface area contributed by atoms with Crippen molar-refractivity contribution in [2.24, 2.45) is 23.7 Å². The Labute approximate surface area is 137 Å². The molecule has 0 aromatic carbocycles. The van der Waals surface area contributed by atoms with Crippen LogP contribution in [0.1, 0.15) is 90.4 Å². The maximum Gasteiger partial charge on any atom is 0.152 e. The minimum Gasteiger partial charge on any atom is -0.183 e. The summed E-state index contributed by atoms with van der Waals surface area (Å²) < 4.78 is 0. The molecule has 0 aliphatic heterocycles. The molecule has 0 unspecified atom stereocenters. The van der Waals surface area contributed by atoms with E-state index in [1.807, 2.05) is 6.07 Å². The quantitative estimate of drug-likeness (QED) is 0.429. The van der Waals surface area contributed by atoms with Gasteiger partial charge in [-0.3, -0.25) is 0 Å². The highest BCUT2D eigenvalue weighted by Gasteiger charge is 2.30. The zero-order valence-electron chi connectivity index (χ0n) is 14.4. The Morgan fingerprint density at radius 1 is 0.818 bits per heavy atom. The smallest absolute Gasteiger partial charge is 0.152 e. The zero-order chi connectivity index (χ0) is 15.6. The second-order valence-corrected chi connectivity index (χ2v) is 7.62. The van der Waals surface area contributed by atoms with Gasteiger partial charge in [0.15, 0.2) is 6.07 Å². The fourth-order valence-corrected chi connectivity index (χ4v) is 4.68. The summed E-state index contributed by atoms with van der Waals surface area (Å²) in [5, 5.41) is 8.55. The predicted molar refractivity (Wildman–Crippen MR) is 93.0 cm³/mol. The summed E-state index contributed by atoms with van der Waals surface area (Å²) >= 11 is 0. The van der Waals surface area contributed by atoms with Gasteiger partial charge in [0.1, 0.15) is 0 Å². The molecule has 122 valence electrons. The Balaban J connectivity index is 1.62. The van der Waals surface area contributed by atoms with Gasteiger partial charge in [-0.15, -0.1) is 0 Å². The number of hydrogen-bond donors (Lipinski definition) is 0. The third-order valence-corrected chi connectivity index (χ3v) is 6.13. The molecule has 0 amide bonds. The van der Waals surface area contributed by atoms with Crippen LogP contribution in [-0.2, 0) is 0 Å². The molecule has 2 aliphatic rings. The first-order chi connectivity index (χ1) is 10.8. The molecule has 0 bridgehead atoms. The van der Waals surface area contributed by atoms with Crippen LogP contribution >= 0.6 is 0 Å². The zero-order valence-corrected chi connectivity index (χ0v) is 14.4.